The monoisotopic (exact) mass is 851 g/mol. The molecule has 4 aliphatic rings. The highest BCUT2D eigenvalue weighted by atomic mass is 16.4. The van der Waals surface area contributed by atoms with E-state index in [-0.39, 0.29) is 6.42 Å². The number of rotatable bonds is 28. The van der Waals surface area contributed by atoms with Crippen LogP contribution in [-0.2, 0) is 9.59 Å². The molecule has 0 aliphatic heterocycles. The molecule has 0 radical (unpaired) electrons. The summed E-state index contributed by atoms with van der Waals surface area (Å²) in [5.74, 6) is -2.51. The van der Waals surface area contributed by atoms with Crippen LogP contribution in [0.5, 0.6) is 0 Å². The molecular weight excluding hydrogens is 749 g/mol. The van der Waals surface area contributed by atoms with Crippen molar-refractivity contribution in [1.82, 2.24) is 0 Å². The van der Waals surface area contributed by atoms with E-state index in [0.29, 0.717) is 12.8 Å². The smallest absolute Gasteiger partial charge is 0.0933 e. The Morgan fingerprint density at radius 2 is 0.700 bits per heavy atom. The van der Waals surface area contributed by atoms with Crippen LogP contribution >= 0.6 is 0 Å². The zero-order valence-corrected chi connectivity index (χ0v) is 39.8. The summed E-state index contributed by atoms with van der Waals surface area (Å²) in [6.45, 7) is 4.44. The molecule has 60 heavy (non-hydrogen) atoms. The van der Waals surface area contributed by atoms with Gasteiger partial charge in [0, 0.05) is 12.4 Å². The zero-order valence-electron chi connectivity index (χ0n) is 39.8. The number of aliphatic hydroxyl groups is 2. The van der Waals surface area contributed by atoms with Crippen LogP contribution in [0.15, 0.2) is 0 Å². The van der Waals surface area contributed by atoms with Gasteiger partial charge in [0.25, 0.3) is 0 Å². The maximum atomic E-state index is 10.2. The minimum atomic E-state index is -1.35. The fraction of sp³-hybridized carbons (Fsp3) is 0.962. The number of carboxylic acid groups (broad SMARTS) is 2. The molecule has 8 heteroatoms. The van der Waals surface area contributed by atoms with Crippen LogP contribution in [-0.4, -0.2) is 58.5 Å². The molecule has 0 aromatic rings. The molecule has 0 saturated heterocycles. The molecule has 0 spiro atoms. The van der Waals surface area contributed by atoms with Gasteiger partial charge in [-0.3, -0.25) is 0 Å². The van der Waals surface area contributed by atoms with Gasteiger partial charge in [-0.15, -0.1) is 0 Å². The molecule has 0 aromatic heterocycles. The van der Waals surface area contributed by atoms with E-state index >= 15 is 0 Å². The van der Waals surface area contributed by atoms with Crippen LogP contribution in [0.1, 0.15) is 284 Å². The van der Waals surface area contributed by atoms with Crippen LogP contribution < -0.4 is 20.8 Å². The van der Waals surface area contributed by atoms with E-state index in [1.54, 1.807) is 0 Å². The summed E-state index contributed by atoms with van der Waals surface area (Å²) in [4.78, 5) is 20.4. The SMILES string of the molecule is C1CCC([NH2+]C2CCCCC2)CC1.C1CCC([NH2+]C2CCCCC2)CC1.CCCCCCCCCCCCC(O)C(=O)[O-].CCCCCCCCCCC[C@@H](O)CC(=O)[O-]. The minimum absolute atomic E-state index is 0.225. The van der Waals surface area contributed by atoms with E-state index in [0.717, 1.165) is 56.3 Å². The van der Waals surface area contributed by atoms with Crippen molar-refractivity contribution in [3.05, 3.63) is 0 Å². The molecule has 6 N–H and O–H groups in total. The lowest BCUT2D eigenvalue weighted by molar-refractivity contribution is -0.726. The molecule has 4 aliphatic carbocycles. The maximum absolute atomic E-state index is 10.2. The highest BCUT2D eigenvalue weighted by Gasteiger charge is 2.24. The zero-order chi connectivity index (χ0) is 43.7. The number of unbranched alkanes of at least 4 members (excludes halogenated alkanes) is 17. The predicted octanol–water partition coefficient (Wildman–Crippen LogP) is 9.25. The molecule has 2 atom stereocenters. The first-order valence-corrected chi connectivity index (χ1v) is 26.7. The molecule has 4 rings (SSSR count). The normalized spacial score (nSPS) is 19.1. The van der Waals surface area contributed by atoms with Crippen LogP contribution in [0.25, 0.3) is 0 Å². The number of carbonyl (C=O) groups excluding carboxylic acids is 2. The standard InChI is InChI=1S/2C14H28O3.2C12H23N/c1-2-3-4-5-6-7-8-9-10-11-13(15)12-14(16)17;1-2-3-4-5-6-7-8-9-10-11-12-13(15)14(16)17;2*1-3-7-11(8-4-1)13-12-9-5-2-6-10-12/h2*13,15H,2-12H2,1H3,(H,16,17);2*11-13H,1-10H2/t13-;;;/m1.../s1. The van der Waals surface area contributed by atoms with Gasteiger partial charge in [-0.25, -0.2) is 0 Å². The summed E-state index contributed by atoms with van der Waals surface area (Å²) >= 11 is 0. The van der Waals surface area contributed by atoms with Gasteiger partial charge in [-0.2, -0.15) is 0 Å². The number of nitrogens with two attached hydrogens (primary N) is 2. The summed E-state index contributed by atoms with van der Waals surface area (Å²) in [6, 6.07) is 3.99. The van der Waals surface area contributed by atoms with Crippen molar-refractivity contribution >= 4 is 11.9 Å². The summed E-state index contributed by atoms with van der Waals surface area (Å²) in [5, 5.41) is 44.2. The first kappa shape index (κ1) is 56.8. The molecule has 0 aromatic carbocycles. The lowest BCUT2D eigenvalue weighted by Gasteiger charge is -2.27. The number of carboxylic acids is 2. The molecule has 0 bridgehead atoms. The van der Waals surface area contributed by atoms with Crippen LogP contribution in [0.3, 0.4) is 0 Å². The fourth-order valence-electron chi connectivity index (χ4n) is 10.0. The molecule has 1 unspecified atom stereocenters. The Labute approximate surface area is 371 Å². The lowest BCUT2D eigenvalue weighted by atomic mass is 9.91. The fourth-order valence-corrected chi connectivity index (χ4v) is 10.0. The third kappa shape index (κ3) is 36.3. The lowest BCUT2D eigenvalue weighted by Crippen LogP contribution is -2.95. The number of quaternary nitrogens is 2. The molecule has 4 fully saturated rings. The van der Waals surface area contributed by atoms with Gasteiger partial charge in [0.15, 0.2) is 0 Å². The van der Waals surface area contributed by atoms with Crippen molar-refractivity contribution in [1.29, 1.82) is 0 Å². The molecular formula is C52H102N2O6. The van der Waals surface area contributed by atoms with E-state index < -0.39 is 24.1 Å². The highest BCUT2D eigenvalue weighted by molar-refractivity contribution is 5.69. The Bertz CT molecular complexity index is 861. The molecule has 4 saturated carbocycles. The van der Waals surface area contributed by atoms with Gasteiger partial charge in [0.05, 0.1) is 42.3 Å². The van der Waals surface area contributed by atoms with Gasteiger partial charge in [0.2, 0.25) is 0 Å². The highest BCUT2D eigenvalue weighted by Crippen LogP contribution is 2.20. The number of hydrogen-bond acceptors (Lipinski definition) is 6. The Morgan fingerprint density at radius 1 is 0.433 bits per heavy atom. The van der Waals surface area contributed by atoms with Crippen molar-refractivity contribution in [2.45, 2.75) is 320 Å². The van der Waals surface area contributed by atoms with E-state index in [1.807, 2.05) is 0 Å². The largest absolute Gasteiger partial charge is 0.550 e. The summed E-state index contributed by atoms with van der Waals surface area (Å²) in [5.41, 5.74) is 0. The second-order valence-corrected chi connectivity index (χ2v) is 19.6. The second-order valence-electron chi connectivity index (χ2n) is 19.6. The van der Waals surface area contributed by atoms with Crippen molar-refractivity contribution in [3.63, 3.8) is 0 Å². The maximum Gasteiger partial charge on any atom is 0.0933 e. The second kappa shape index (κ2) is 41.8. The number of hydrogen-bond donors (Lipinski definition) is 4. The third-order valence-electron chi connectivity index (χ3n) is 13.8. The average Bonchev–Trinajstić information content (AvgIpc) is 3.25. The molecule has 0 amide bonds. The number of aliphatic carboxylic acids is 2. The van der Waals surface area contributed by atoms with Gasteiger partial charge >= 0.3 is 0 Å². The van der Waals surface area contributed by atoms with Crippen molar-refractivity contribution in [2.75, 3.05) is 0 Å². The van der Waals surface area contributed by atoms with Crippen LogP contribution in [0.4, 0.5) is 0 Å². The van der Waals surface area contributed by atoms with Crippen molar-refractivity contribution in [2.24, 2.45) is 0 Å². The van der Waals surface area contributed by atoms with Gasteiger partial charge in [-0.1, -0.05) is 162 Å². The molecule has 356 valence electrons. The van der Waals surface area contributed by atoms with E-state index in [1.165, 1.54) is 218 Å². The Hall–Kier alpha value is -1.22. The molecule has 8 nitrogen and oxygen atoms in total. The topological polar surface area (TPSA) is 154 Å². The Kier molecular flexibility index (Phi) is 39.5. The van der Waals surface area contributed by atoms with Gasteiger partial charge < -0.3 is 40.6 Å². The van der Waals surface area contributed by atoms with E-state index in [4.69, 9.17) is 5.11 Å². The van der Waals surface area contributed by atoms with Crippen molar-refractivity contribution < 1.29 is 40.6 Å². The number of carbonyl (C=O) groups is 2. The first-order valence-electron chi connectivity index (χ1n) is 26.7. The van der Waals surface area contributed by atoms with E-state index in [2.05, 4.69) is 24.5 Å². The molecule has 0 heterocycles. The van der Waals surface area contributed by atoms with Crippen LogP contribution in [0, 0.1) is 0 Å². The Balaban J connectivity index is 0.000000402. The van der Waals surface area contributed by atoms with Crippen LogP contribution in [0.2, 0.25) is 0 Å². The summed E-state index contributed by atoms with van der Waals surface area (Å²) in [7, 11) is 0. The summed E-state index contributed by atoms with van der Waals surface area (Å²) in [6.07, 6.45) is 51.8. The average molecular weight is 851 g/mol. The number of aliphatic hydroxyl groups excluding tert-OH is 2. The van der Waals surface area contributed by atoms with Crippen molar-refractivity contribution in [3.8, 4) is 0 Å². The quantitative estimate of drug-likeness (QED) is 0.0576. The summed E-state index contributed by atoms with van der Waals surface area (Å²) < 4.78 is 0. The predicted molar refractivity (Wildman–Crippen MR) is 246 cm³/mol. The third-order valence-corrected chi connectivity index (χ3v) is 13.8. The van der Waals surface area contributed by atoms with E-state index in [9.17, 15) is 24.9 Å². The first-order chi connectivity index (χ1) is 29.2. The minimum Gasteiger partial charge on any atom is -0.550 e. The van der Waals surface area contributed by atoms with Gasteiger partial charge in [0.1, 0.15) is 0 Å². The Morgan fingerprint density at radius 3 is 0.967 bits per heavy atom. The van der Waals surface area contributed by atoms with Gasteiger partial charge in [-0.05, 0) is 116 Å².